The number of amides is 1. The van der Waals surface area contributed by atoms with Crippen LogP contribution in [0.5, 0.6) is 0 Å². The topological polar surface area (TPSA) is 58.1 Å². The summed E-state index contributed by atoms with van der Waals surface area (Å²) in [7, 11) is 1.90. The molecule has 0 radical (unpaired) electrons. The molecule has 1 heterocycles. The van der Waals surface area contributed by atoms with Gasteiger partial charge in [0.2, 0.25) is 0 Å². The summed E-state index contributed by atoms with van der Waals surface area (Å²) in [5.74, 6) is 0.886. The van der Waals surface area contributed by atoms with E-state index in [9.17, 15) is 4.79 Å². The third kappa shape index (κ3) is 4.14. The van der Waals surface area contributed by atoms with Gasteiger partial charge in [-0.3, -0.25) is 4.79 Å². The minimum atomic E-state index is -0.296. The highest BCUT2D eigenvalue weighted by Gasteiger charge is 2.14. The van der Waals surface area contributed by atoms with Crippen LogP contribution in [0.4, 0.5) is 17.2 Å². The molecule has 0 fully saturated rings. The second kappa shape index (κ2) is 7.32. The van der Waals surface area contributed by atoms with Crippen LogP contribution in [0.3, 0.4) is 0 Å². The van der Waals surface area contributed by atoms with Crippen LogP contribution >= 0.6 is 11.6 Å². The highest BCUT2D eigenvalue weighted by atomic mass is 35.5. The first kappa shape index (κ1) is 16.9. The van der Waals surface area contributed by atoms with Gasteiger partial charge in [-0.15, -0.1) is 0 Å². The first-order valence-corrected chi connectivity index (χ1v) is 8.12. The number of rotatable bonds is 4. The standard InChI is InChI=1S/C19H17ClN4O/c1-13-21-17(19(25)23-15-10-8-14(20)9-11-15)12-18(22-13)24(2)16-6-4-3-5-7-16/h3-12H,1-2H3,(H,23,25). The number of nitrogens with zero attached hydrogens (tertiary/aromatic N) is 3. The molecule has 0 aliphatic carbocycles. The van der Waals surface area contributed by atoms with E-state index in [1.54, 1.807) is 37.3 Å². The molecule has 0 aliphatic heterocycles. The van der Waals surface area contributed by atoms with Gasteiger partial charge in [-0.25, -0.2) is 9.97 Å². The predicted octanol–water partition coefficient (Wildman–Crippen LogP) is 4.46. The van der Waals surface area contributed by atoms with Crippen LogP contribution in [0.25, 0.3) is 0 Å². The summed E-state index contributed by atoms with van der Waals surface area (Å²) in [4.78, 5) is 23.1. The third-order valence-electron chi connectivity index (χ3n) is 3.65. The Morgan fingerprint density at radius 3 is 2.40 bits per heavy atom. The molecule has 3 rings (SSSR count). The van der Waals surface area contributed by atoms with E-state index in [2.05, 4.69) is 15.3 Å². The lowest BCUT2D eigenvalue weighted by molar-refractivity contribution is 0.102. The van der Waals surface area contributed by atoms with Gasteiger partial charge in [0.15, 0.2) is 0 Å². The summed E-state index contributed by atoms with van der Waals surface area (Å²) in [5, 5.41) is 3.43. The molecule has 1 amide bonds. The molecule has 1 N–H and O–H groups in total. The number of anilines is 3. The van der Waals surface area contributed by atoms with E-state index in [-0.39, 0.29) is 5.91 Å². The SMILES string of the molecule is Cc1nc(C(=O)Nc2ccc(Cl)cc2)cc(N(C)c2ccccc2)n1. The van der Waals surface area contributed by atoms with E-state index >= 15 is 0 Å². The smallest absolute Gasteiger partial charge is 0.274 e. The molecule has 25 heavy (non-hydrogen) atoms. The number of aromatic nitrogens is 2. The van der Waals surface area contributed by atoms with Crippen molar-refractivity contribution in [1.82, 2.24) is 9.97 Å². The highest BCUT2D eigenvalue weighted by Crippen LogP contribution is 2.22. The molecule has 0 spiro atoms. The fourth-order valence-electron chi connectivity index (χ4n) is 2.35. The third-order valence-corrected chi connectivity index (χ3v) is 3.90. The largest absolute Gasteiger partial charge is 0.329 e. The van der Waals surface area contributed by atoms with Crippen molar-refractivity contribution >= 4 is 34.7 Å². The Bertz CT molecular complexity index is 882. The molecule has 2 aromatic carbocycles. The molecule has 0 atom stereocenters. The zero-order valence-electron chi connectivity index (χ0n) is 13.9. The van der Waals surface area contributed by atoms with Crippen LogP contribution in [0.15, 0.2) is 60.7 Å². The van der Waals surface area contributed by atoms with Gasteiger partial charge in [-0.1, -0.05) is 29.8 Å². The van der Waals surface area contributed by atoms with Crippen molar-refractivity contribution in [1.29, 1.82) is 0 Å². The fraction of sp³-hybridized carbons (Fsp3) is 0.105. The lowest BCUT2D eigenvalue weighted by atomic mass is 10.2. The van der Waals surface area contributed by atoms with E-state index in [1.807, 2.05) is 42.3 Å². The van der Waals surface area contributed by atoms with Crippen molar-refractivity contribution in [2.75, 3.05) is 17.3 Å². The molecule has 5 nitrogen and oxygen atoms in total. The van der Waals surface area contributed by atoms with Gasteiger partial charge < -0.3 is 10.2 Å². The Hall–Kier alpha value is -2.92. The lowest BCUT2D eigenvalue weighted by Gasteiger charge is -2.19. The van der Waals surface area contributed by atoms with Crippen LogP contribution in [-0.2, 0) is 0 Å². The van der Waals surface area contributed by atoms with Crippen LogP contribution in [0.1, 0.15) is 16.3 Å². The molecule has 0 saturated carbocycles. The average molecular weight is 353 g/mol. The van der Waals surface area contributed by atoms with Crippen molar-refractivity contribution in [3.8, 4) is 0 Å². The van der Waals surface area contributed by atoms with Crippen molar-refractivity contribution in [3.05, 3.63) is 77.2 Å². The Morgan fingerprint density at radius 1 is 1.04 bits per heavy atom. The number of benzene rings is 2. The number of hydrogen-bond acceptors (Lipinski definition) is 4. The number of carbonyl (C=O) groups excluding carboxylic acids is 1. The van der Waals surface area contributed by atoms with Gasteiger partial charge >= 0.3 is 0 Å². The molecule has 1 aromatic heterocycles. The minimum Gasteiger partial charge on any atom is -0.329 e. The average Bonchev–Trinajstić information content (AvgIpc) is 2.63. The van der Waals surface area contributed by atoms with Gasteiger partial charge in [0.1, 0.15) is 17.3 Å². The quantitative estimate of drug-likeness (QED) is 0.753. The maximum absolute atomic E-state index is 12.5. The van der Waals surface area contributed by atoms with Crippen molar-refractivity contribution in [2.24, 2.45) is 0 Å². The Labute approximate surface area is 151 Å². The molecule has 0 aliphatic rings. The molecule has 3 aromatic rings. The maximum Gasteiger partial charge on any atom is 0.274 e. The normalized spacial score (nSPS) is 10.4. The Kier molecular flexibility index (Phi) is 4.95. The Morgan fingerprint density at radius 2 is 1.72 bits per heavy atom. The lowest BCUT2D eigenvalue weighted by Crippen LogP contribution is -2.18. The van der Waals surface area contributed by atoms with E-state index in [0.717, 1.165) is 5.69 Å². The summed E-state index contributed by atoms with van der Waals surface area (Å²) in [6, 6.07) is 18.4. The Balaban J connectivity index is 1.86. The minimum absolute atomic E-state index is 0.296. The zero-order valence-corrected chi connectivity index (χ0v) is 14.7. The summed E-state index contributed by atoms with van der Waals surface area (Å²) < 4.78 is 0. The van der Waals surface area contributed by atoms with Crippen LogP contribution < -0.4 is 10.2 Å². The molecule has 0 bridgehead atoms. The number of nitrogens with one attached hydrogen (secondary N) is 1. The number of carbonyl (C=O) groups is 1. The van der Waals surface area contributed by atoms with Crippen molar-refractivity contribution in [3.63, 3.8) is 0 Å². The summed E-state index contributed by atoms with van der Waals surface area (Å²) in [6.07, 6.45) is 0. The van der Waals surface area contributed by atoms with Gasteiger partial charge in [0.25, 0.3) is 5.91 Å². The monoisotopic (exact) mass is 352 g/mol. The first-order valence-electron chi connectivity index (χ1n) is 7.74. The zero-order chi connectivity index (χ0) is 17.8. The summed E-state index contributed by atoms with van der Waals surface area (Å²) in [6.45, 7) is 1.77. The second-order valence-electron chi connectivity index (χ2n) is 5.51. The number of halogens is 1. The van der Waals surface area contributed by atoms with Gasteiger partial charge in [-0.2, -0.15) is 0 Å². The number of para-hydroxylation sites is 1. The summed E-state index contributed by atoms with van der Waals surface area (Å²) >= 11 is 5.86. The van der Waals surface area contributed by atoms with E-state index in [4.69, 9.17) is 11.6 Å². The van der Waals surface area contributed by atoms with E-state index in [1.165, 1.54) is 0 Å². The van der Waals surface area contributed by atoms with Crippen LogP contribution in [-0.4, -0.2) is 22.9 Å². The molecule has 0 unspecified atom stereocenters. The first-order chi connectivity index (χ1) is 12.0. The fourth-order valence-corrected chi connectivity index (χ4v) is 2.48. The van der Waals surface area contributed by atoms with Crippen LogP contribution in [0.2, 0.25) is 5.02 Å². The second-order valence-corrected chi connectivity index (χ2v) is 5.95. The van der Waals surface area contributed by atoms with Crippen molar-refractivity contribution < 1.29 is 4.79 Å². The number of hydrogen-bond donors (Lipinski definition) is 1. The van der Waals surface area contributed by atoms with E-state index in [0.29, 0.717) is 28.0 Å². The molecule has 126 valence electrons. The predicted molar refractivity (Wildman–Crippen MR) is 101 cm³/mol. The molecule has 6 heteroatoms. The maximum atomic E-state index is 12.5. The molecular weight excluding hydrogens is 336 g/mol. The highest BCUT2D eigenvalue weighted by molar-refractivity contribution is 6.30. The van der Waals surface area contributed by atoms with Gasteiger partial charge in [-0.05, 0) is 43.3 Å². The molecule has 0 saturated heterocycles. The van der Waals surface area contributed by atoms with Crippen LogP contribution in [0, 0.1) is 6.92 Å². The van der Waals surface area contributed by atoms with Gasteiger partial charge in [0, 0.05) is 29.5 Å². The van der Waals surface area contributed by atoms with E-state index < -0.39 is 0 Å². The summed E-state index contributed by atoms with van der Waals surface area (Å²) in [5.41, 5.74) is 1.94. The van der Waals surface area contributed by atoms with Crippen molar-refractivity contribution in [2.45, 2.75) is 6.92 Å². The van der Waals surface area contributed by atoms with Gasteiger partial charge in [0.05, 0.1) is 0 Å². The number of aryl methyl sites for hydroxylation is 1. The molecular formula is C19H17ClN4O.